The fourth-order valence-electron chi connectivity index (χ4n) is 3.83. The molecule has 2 atom stereocenters. The molecule has 3 heterocycles. The number of nitrogens with one attached hydrogen (secondary N) is 2. The van der Waals surface area contributed by atoms with Crippen molar-refractivity contribution in [3.8, 4) is 16.3 Å². The lowest BCUT2D eigenvalue weighted by atomic mass is 10.0. The standard InChI is InChI=1S/C23H22FN5O2S/c24-15-2-1-3-16(9-15)28-23-27-12-14-8-19(22-26-6-7-32-22)21(11-20(14)29-23)31-18-4-5-25-17(10-18)13-30/h1-3,6-9,11-12,17-18,25,30H,4-5,10,13H2,(H,27,28,29)/t17-,18+/m1/s1. The zero-order valence-corrected chi connectivity index (χ0v) is 18.0. The number of anilines is 2. The van der Waals surface area contributed by atoms with Crippen molar-refractivity contribution in [1.82, 2.24) is 20.3 Å². The van der Waals surface area contributed by atoms with Crippen molar-refractivity contribution >= 4 is 33.9 Å². The van der Waals surface area contributed by atoms with E-state index >= 15 is 0 Å². The second-order valence-electron chi connectivity index (χ2n) is 7.67. The van der Waals surface area contributed by atoms with Gasteiger partial charge in [-0.25, -0.2) is 19.3 Å². The third-order valence-corrected chi connectivity index (χ3v) is 6.19. The zero-order chi connectivity index (χ0) is 21.9. The van der Waals surface area contributed by atoms with Gasteiger partial charge >= 0.3 is 0 Å². The van der Waals surface area contributed by atoms with E-state index in [9.17, 15) is 9.50 Å². The quantitative estimate of drug-likeness (QED) is 0.406. The SMILES string of the molecule is OC[C@H]1C[C@@H](Oc2cc3nc(Nc4cccc(F)c4)ncc3cc2-c2nccs2)CCN1. The van der Waals surface area contributed by atoms with Crippen LogP contribution in [0.4, 0.5) is 16.0 Å². The number of aliphatic hydroxyl groups is 1. The number of hydrogen-bond acceptors (Lipinski definition) is 8. The highest BCUT2D eigenvalue weighted by Gasteiger charge is 2.24. The number of fused-ring (bicyclic) bond motifs is 1. The second-order valence-corrected chi connectivity index (χ2v) is 8.57. The van der Waals surface area contributed by atoms with Crippen LogP contribution in [0.1, 0.15) is 12.8 Å². The van der Waals surface area contributed by atoms with Crippen molar-refractivity contribution < 1.29 is 14.2 Å². The third kappa shape index (κ3) is 4.55. The van der Waals surface area contributed by atoms with Crippen LogP contribution in [0.15, 0.2) is 54.2 Å². The van der Waals surface area contributed by atoms with Crippen molar-refractivity contribution in [2.75, 3.05) is 18.5 Å². The Labute approximate surface area is 188 Å². The van der Waals surface area contributed by atoms with Gasteiger partial charge in [0.05, 0.1) is 17.7 Å². The zero-order valence-electron chi connectivity index (χ0n) is 17.2. The Morgan fingerprint density at radius 2 is 2.19 bits per heavy atom. The monoisotopic (exact) mass is 451 g/mol. The molecule has 2 aromatic carbocycles. The van der Waals surface area contributed by atoms with Gasteiger partial charge < -0.3 is 20.5 Å². The van der Waals surface area contributed by atoms with Crippen molar-refractivity contribution in [1.29, 1.82) is 0 Å². The van der Waals surface area contributed by atoms with E-state index in [0.717, 1.165) is 35.3 Å². The van der Waals surface area contributed by atoms with Crippen molar-refractivity contribution in [3.05, 3.63) is 60.0 Å². The van der Waals surface area contributed by atoms with Gasteiger partial charge in [-0.3, -0.25) is 0 Å². The van der Waals surface area contributed by atoms with Gasteiger partial charge in [-0.1, -0.05) is 6.07 Å². The van der Waals surface area contributed by atoms with Crippen LogP contribution in [0.2, 0.25) is 0 Å². The van der Waals surface area contributed by atoms with Gasteiger partial charge in [0, 0.05) is 47.4 Å². The number of aromatic nitrogens is 3. The first-order chi connectivity index (χ1) is 15.7. The summed E-state index contributed by atoms with van der Waals surface area (Å²) in [7, 11) is 0. The number of benzene rings is 2. The molecule has 5 rings (SSSR count). The van der Waals surface area contributed by atoms with Crippen LogP contribution in [-0.2, 0) is 0 Å². The van der Waals surface area contributed by atoms with Crippen molar-refractivity contribution in [3.63, 3.8) is 0 Å². The Kier molecular flexibility index (Phi) is 5.93. The Balaban J connectivity index is 1.49. The van der Waals surface area contributed by atoms with Crippen molar-refractivity contribution in [2.45, 2.75) is 25.0 Å². The number of thiazole rings is 1. The van der Waals surface area contributed by atoms with Crippen LogP contribution < -0.4 is 15.4 Å². The number of ether oxygens (including phenoxy) is 1. The summed E-state index contributed by atoms with van der Waals surface area (Å²) in [5.74, 6) is 0.743. The number of rotatable bonds is 6. The van der Waals surface area contributed by atoms with Crippen LogP contribution in [0.25, 0.3) is 21.5 Å². The summed E-state index contributed by atoms with van der Waals surface area (Å²) >= 11 is 1.54. The highest BCUT2D eigenvalue weighted by Crippen LogP contribution is 2.36. The van der Waals surface area contributed by atoms with E-state index in [0.29, 0.717) is 22.9 Å². The molecule has 7 nitrogen and oxygen atoms in total. The van der Waals surface area contributed by atoms with Gasteiger partial charge in [0.2, 0.25) is 5.95 Å². The first-order valence-corrected chi connectivity index (χ1v) is 11.3. The smallest absolute Gasteiger partial charge is 0.227 e. The molecule has 32 heavy (non-hydrogen) atoms. The van der Waals surface area contributed by atoms with Gasteiger partial charge in [0.15, 0.2) is 0 Å². The molecule has 0 bridgehead atoms. The van der Waals surface area contributed by atoms with Gasteiger partial charge in [-0.05, 0) is 37.2 Å². The molecule has 0 saturated carbocycles. The summed E-state index contributed by atoms with van der Waals surface area (Å²) in [5.41, 5.74) is 2.17. The summed E-state index contributed by atoms with van der Waals surface area (Å²) in [6.45, 7) is 0.874. The summed E-state index contributed by atoms with van der Waals surface area (Å²) in [6, 6.07) is 10.1. The molecule has 4 aromatic rings. The molecule has 1 saturated heterocycles. The predicted molar refractivity (Wildman–Crippen MR) is 123 cm³/mol. The fourth-order valence-corrected chi connectivity index (χ4v) is 4.49. The summed E-state index contributed by atoms with van der Waals surface area (Å²) in [4.78, 5) is 13.5. The first-order valence-electron chi connectivity index (χ1n) is 10.4. The third-order valence-electron chi connectivity index (χ3n) is 5.39. The topological polar surface area (TPSA) is 92.2 Å². The van der Waals surface area contributed by atoms with E-state index < -0.39 is 0 Å². The minimum atomic E-state index is -0.331. The number of piperidine rings is 1. The maximum Gasteiger partial charge on any atom is 0.227 e. The van der Waals surface area contributed by atoms with Crippen molar-refractivity contribution in [2.24, 2.45) is 0 Å². The van der Waals surface area contributed by atoms with Crippen LogP contribution >= 0.6 is 11.3 Å². The lowest BCUT2D eigenvalue weighted by Crippen LogP contribution is -2.44. The first kappa shape index (κ1) is 20.7. The highest BCUT2D eigenvalue weighted by molar-refractivity contribution is 7.13. The van der Waals surface area contributed by atoms with Crippen LogP contribution in [0.5, 0.6) is 5.75 Å². The fraction of sp³-hybridized carbons (Fsp3) is 0.261. The van der Waals surface area contributed by atoms with E-state index in [4.69, 9.17) is 4.74 Å². The van der Waals surface area contributed by atoms with E-state index in [1.807, 2.05) is 17.5 Å². The molecule has 0 unspecified atom stereocenters. The molecule has 1 aliphatic rings. The predicted octanol–water partition coefficient (Wildman–Crippen LogP) is 4.13. The Bertz CT molecular complexity index is 1220. The Morgan fingerprint density at radius 1 is 1.25 bits per heavy atom. The summed E-state index contributed by atoms with van der Waals surface area (Å²) in [5, 5.41) is 19.5. The number of halogens is 1. The number of hydrogen-bond donors (Lipinski definition) is 3. The molecule has 3 N–H and O–H groups in total. The average Bonchev–Trinajstić information content (AvgIpc) is 3.33. The van der Waals surface area contributed by atoms with E-state index in [2.05, 4.69) is 25.6 Å². The molecule has 9 heteroatoms. The van der Waals surface area contributed by atoms with E-state index in [-0.39, 0.29) is 24.6 Å². The molecule has 1 aliphatic heterocycles. The maximum absolute atomic E-state index is 13.5. The lowest BCUT2D eigenvalue weighted by molar-refractivity contribution is 0.115. The Morgan fingerprint density at radius 3 is 3.00 bits per heavy atom. The Hall–Kier alpha value is -3.14. The van der Waals surface area contributed by atoms with Gasteiger partial charge in [-0.15, -0.1) is 11.3 Å². The second kappa shape index (κ2) is 9.15. The highest BCUT2D eigenvalue weighted by atomic mass is 32.1. The van der Waals surface area contributed by atoms with Crippen LogP contribution in [-0.4, -0.2) is 45.4 Å². The van der Waals surface area contributed by atoms with Crippen LogP contribution in [0, 0.1) is 5.82 Å². The molecule has 0 aliphatic carbocycles. The van der Waals surface area contributed by atoms with Gasteiger partial charge in [0.1, 0.15) is 22.7 Å². The normalized spacial score (nSPS) is 18.6. The van der Waals surface area contributed by atoms with Gasteiger partial charge in [-0.2, -0.15) is 0 Å². The molecular formula is C23H22FN5O2S. The molecule has 2 aromatic heterocycles. The van der Waals surface area contributed by atoms with E-state index in [1.165, 1.54) is 23.5 Å². The minimum Gasteiger partial charge on any atom is -0.489 e. The molecule has 1 fully saturated rings. The minimum absolute atomic E-state index is 0.0173. The molecule has 0 spiro atoms. The number of nitrogens with zero attached hydrogens (tertiary/aromatic N) is 3. The molecule has 0 amide bonds. The molecular weight excluding hydrogens is 429 g/mol. The summed E-state index contributed by atoms with van der Waals surface area (Å²) < 4.78 is 19.9. The molecule has 164 valence electrons. The molecule has 0 radical (unpaired) electrons. The maximum atomic E-state index is 13.5. The van der Waals surface area contributed by atoms with E-state index in [1.54, 1.807) is 24.5 Å². The largest absolute Gasteiger partial charge is 0.489 e. The summed E-state index contributed by atoms with van der Waals surface area (Å²) in [6.07, 6.45) is 5.06. The lowest BCUT2D eigenvalue weighted by Gasteiger charge is -2.30. The average molecular weight is 452 g/mol. The van der Waals surface area contributed by atoms with Crippen LogP contribution in [0.3, 0.4) is 0 Å². The van der Waals surface area contributed by atoms with Gasteiger partial charge in [0.25, 0.3) is 0 Å². The number of aliphatic hydroxyl groups excluding tert-OH is 1.